The first-order valence-electron chi connectivity index (χ1n) is 9.63. The summed E-state index contributed by atoms with van der Waals surface area (Å²) in [6.07, 6.45) is 0. The highest BCUT2D eigenvalue weighted by Crippen LogP contribution is 2.41. The van der Waals surface area contributed by atoms with Crippen LogP contribution in [-0.4, -0.2) is 27.5 Å². The Morgan fingerprint density at radius 1 is 0.967 bits per heavy atom. The monoisotopic (exact) mass is 433 g/mol. The Morgan fingerprint density at radius 3 is 2.43 bits per heavy atom. The number of imide groups is 1. The first-order valence-corrected chi connectivity index (χ1v) is 10.9. The molecule has 3 aromatic rings. The van der Waals surface area contributed by atoms with E-state index in [4.69, 9.17) is 11.6 Å². The second-order valence-corrected chi connectivity index (χ2v) is 8.91. The van der Waals surface area contributed by atoms with Gasteiger partial charge in [0.25, 0.3) is 0 Å². The molecule has 2 aliphatic rings. The number of urea groups is 1. The molecule has 30 heavy (non-hydrogen) atoms. The highest BCUT2D eigenvalue weighted by atomic mass is 35.5. The van der Waals surface area contributed by atoms with Gasteiger partial charge >= 0.3 is 11.9 Å². The first kappa shape index (κ1) is 19.1. The van der Waals surface area contributed by atoms with Crippen LogP contribution in [0.2, 0.25) is 5.02 Å². The molecule has 0 fully saturated rings. The number of rotatable bonds is 3. The predicted molar refractivity (Wildman–Crippen MR) is 120 cm³/mol. The van der Waals surface area contributed by atoms with Crippen molar-refractivity contribution in [1.82, 2.24) is 0 Å². The van der Waals surface area contributed by atoms with Crippen LogP contribution in [0.25, 0.3) is 0 Å². The summed E-state index contributed by atoms with van der Waals surface area (Å²) >= 11 is 7.52. The number of halogens is 1. The number of anilines is 1. The van der Waals surface area contributed by atoms with Gasteiger partial charge in [0.1, 0.15) is 17.9 Å². The minimum atomic E-state index is -0.459. The van der Waals surface area contributed by atoms with Gasteiger partial charge < -0.3 is 0 Å². The molecular formula is C24H18ClN2O2S+. The Hall–Kier alpha value is -2.89. The molecule has 0 aliphatic carbocycles. The number of nitrogens with zero attached hydrogens (tertiary/aromatic N) is 2. The van der Waals surface area contributed by atoms with E-state index >= 15 is 0 Å². The van der Waals surface area contributed by atoms with E-state index in [9.17, 15) is 9.59 Å². The average molecular weight is 434 g/mol. The van der Waals surface area contributed by atoms with Crippen molar-refractivity contribution in [3.05, 3.63) is 94.5 Å². The zero-order valence-corrected chi connectivity index (χ0v) is 17.8. The zero-order valence-electron chi connectivity index (χ0n) is 16.2. The number of amides is 3. The van der Waals surface area contributed by atoms with Gasteiger partial charge in [-0.1, -0.05) is 48.0 Å². The number of carbonyl (C=O) groups excluding carboxylic acids is 2. The van der Waals surface area contributed by atoms with E-state index in [2.05, 4.69) is 0 Å². The molecule has 3 amide bonds. The number of carbonyl (C=O) groups is 2. The summed E-state index contributed by atoms with van der Waals surface area (Å²) in [7, 11) is 0. The third-order valence-corrected chi connectivity index (χ3v) is 7.01. The molecule has 0 bridgehead atoms. The Morgan fingerprint density at radius 2 is 1.67 bits per heavy atom. The number of benzene rings is 3. The number of fused-ring (bicyclic) bond motifs is 3. The van der Waals surface area contributed by atoms with E-state index in [-0.39, 0.29) is 11.9 Å². The van der Waals surface area contributed by atoms with Crippen LogP contribution in [0, 0.1) is 6.92 Å². The number of aryl methyl sites for hydroxylation is 1. The second-order valence-electron chi connectivity index (χ2n) is 7.32. The Balaban J connectivity index is 1.68. The van der Waals surface area contributed by atoms with E-state index in [1.807, 2.05) is 55.5 Å². The summed E-state index contributed by atoms with van der Waals surface area (Å²) < 4.78 is 1.75. The molecule has 0 spiro atoms. The van der Waals surface area contributed by atoms with Gasteiger partial charge in [0.05, 0.1) is 0 Å². The van der Waals surface area contributed by atoms with Crippen LogP contribution in [-0.2, 0) is 11.3 Å². The molecule has 3 aromatic carbocycles. The van der Waals surface area contributed by atoms with Gasteiger partial charge in [0.2, 0.25) is 0 Å². The van der Waals surface area contributed by atoms with Crippen molar-refractivity contribution in [2.24, 2.45) is 0 Å². The molecule has 0 N–H and O–H groups in total. The largest absolute Gasteiger partial charge is 0.506 e. The third kappa shape index (κ3) is 3.06. The summed E-state index contributed by atoms with van der Waals surface area (Å²) in [4.78, 5) is 29.4. The molecule has 148 valence electrons. The first-order chi connectivity index (χ1) is 14.5. The molecule has 1 atom stereocenters. The second kappa shape index (κ2) is 7.42. The maximum Gasteiger partial charge on any atom is 0.506 e. The quantitative estimate of drug-likeness (QED) is 0.527. The summed E-state index contributed by atoms with van der Waals surface area (Å²) in [6.45, 7) is 2.44. The van der Waals surface area contributed by atoms with Crippen LogP contribution < -0.4 is 4.90 Å². The predicted octanol–water partition coefficient (Wildman–Crippen LogP) is 5.29. The van der Waals surface area contributed by atoms with Crippen molar-refractivity contribution in [3.8, 4) is 0 Å². The third-order valence-electron chi connectivity index (χ3n) is 5.49. The average Bonchev–Trinajstić information content (AvgIpc) is 3.14. The van der Waals surface area contributed by atoms with E-state index in [0.717, 1.165) is 27.3 Å². The van der Waals surface area contributed by atoms with Crippen LogP contribution in [0.1, 0.15) is 16.7 Å². The lowest BCUT2D eigenvalue weighted by molar-refractivity contribution is -0.444. The summed E-state index contributed by atoms with van der Waals surface area (Å²) in [5.41, 5.74) is 4.42. The maximum absolute atomic E-state index is 13.7. The summed E-state index contributed by atoms with van der Waals surface area (Å²) in [6, 6.07) is 22.4. The molecule has 0 saturated heterocycles. The van der Waals surface area contributed by atoms with Crippen molar-refractivity contribution in [2.45, 2.75) is 23.6 Å². The molecule has 2 aliphatic heterocycles. The molecule has 1 unspecified atom stereocenters. The fraction of sp³-hybridized carbons (Fsp3) is 0.125. The lowest BCUT2D eigenvalue weighted by Gasteiger charge is -2.24. The standard InChI is InChI=1S/C24H18ClN2O2S/c1-15-6-2-3-7-16(15)14-26-21-19-8-4-5-9-20(19)30-22(21)23(28)27(24(26)29)18-12-10-17(25)11-13-18/h2-13,22H,14H2,1H3/q+1. The van der Waals surface area contributed by atoms with Gasteiger partial charge in [-0.25, -0.2) is 4.79 Å². The highest BCUT2D eigenvalue weighted by Gasteiger charge is 2.53. The Labute approximate surface area is 183 Å². The van der Waals surface area contributed by atoms with Gasteiger partial charge in [-0.15, -0.1) is 16.7 Å². The minimum Gasteiger partial charge on any atom is -0.244 e. The van der Waals surface area contributed by atoms with E-state index in [1.165, 1.54) is 16.7 Å². The van der Waals surface area contributed by atoms with Crippen LogP contribution >= 0.6 is 23.4 Å². The number of hydrogen-bond donors (Lipinski definition) is 0. The number of hydrogen-bond acceptors (Lipinski definition) is 3. The van der Waals surface area contributed by atoms with Crippen LogP contribution in [0.4, 0.5) is 10.5 Å². The van der Waals surface area contributed by atoms with E-state index in [1.54, 1.807) is 28.8 Å². The van der Waals surface area contributed by atoms with Gasteiger partial charge in [0.15, 0.2) is 5.25 Å². The zero-order chi connectivity index (χ0) is 20.8. The normalized spacial score (nSPS) is 17.9. The highest BCUT2D eigenvalue weighted by molar-refractivity contribution is 8.02. The minimum absolute atomic E-state index is 0.223. The molecule has 2 heterocycles. The summed E-state index contributed by atoms with van der Waals surface area (Å²) in [5, 5.41) is 0.0992. The van der Waals surface area contributed by atoms with E-state index < -0.39 is 5.25 Å². The lowest BCUT2D eigenvalue weighted by Crippen LogP contribution is -2.55. The Bertz CT molecular complexity index is 1220. The molecule has 5 rings (SSSR count). The molecule has 0 aromatic heterocycles. The van der Waals surface area contributed by atoms with Crippen molar-refractivity contribution in [1.29, 1.82) is 0 Å². The summed E-state index contributed by atoms with van der Waals surface area (Å²) in [5.74, 6) is -0.223. The van der Waals surface area contributed by atoms with Crippen molar-refractivity contribution < 1.29 is 14.2 Å². The molecule has 6 heteroatoms. The number of thioether (sulfide) groups is 1. The molecule has 0 saturated carbocycles. The molecule has 4 nitrogen and oxygen atoms in total. The van der Waals surface area contributed by atoms with Gasteiger partial charge in [-0.3, -0.25) is 0 Å². The van der Waals surface area contributed by atoms with Crippen LogP contribution in [0.3, 0.4) is 0 Å². The topological polar surface area (TPSA) is 40.4 Å². The lowest BCUT2D eigenvalue weighted by atomic mass is 10.0. The Kier molecular flexibility index (Phi) is 4.72. The van der Waals surface area contributed by atoms with Crippen molar-refractivity contribution >= 4 is 46.7 Å². The molecular weight excluding hydrogens is 416 g/mol. The van der Waals surface area contributed by atoms with E-state index in [0.29, 0.717) is 17.3 Å². The van der Waals surface area contributed by atoms with Crippen LogP contribution in [0.5, 0.6) is 0 Å². The van der Waals surface area contributed by atoms with Gasteiger partial charge in [-0.05, 0) is 54.4 Å². The maximum atomic E-state index is 13.7. The smallest absolute Gasteiger partial charge is 0.244 e. The fourth-order valence-corrected chi connectivity index (χ4v) is 5.34. The molecule has 0 radical (unpaired) electrons. The fourth-order valence-electron chi connectivity index (χ4n) is 3.93. The van der Waals surface area contributed by atoms with Crippen molar-refractivity contribution in [3.63, 3.8) is 0 Å². The van der Waals surface area contributed by atoms with Gasteiger partial charge in [0, 0.05) is 15.5 Å². The van der Waals surface area contributed by atoms with Crippen LogP contribution in [0.15, 0.2) is 77.7 Å². The SMILES string of the molecule is Cc1ccccc1C[N+]1=C2c3ccccc3SC2C(=O)N(c2ccc(Cl)cc2)C1=O. The van der Waals surface area contributed by atoms with Gasteiger partial charge in [-0.2, -0.15) is 9.37 Å². The van der Waals surface area contributed by atoms with Crippen molar-refractivity contribution in [2.75, 3.05) is 4.90 Å².